The van der Waals surface area contributed by atoms with Crippen LogP contribution in [0.5, 0.6) is 0 Å². The third-order valence-corrected chi connectivity index (χ3v) is 1.99. The maximum atomic E-state index is 12.2. The summed E-state index contributed by atoms with van der Waals surface area (Å²) < 4.78 is 36.6. The molecule has 0 aliphatic heterocycles. The number of halogens is 5. The molecule has 7 heteroatoms. The Balaban J connectivity index is 0.00000144. The molecular formula is C6H3BCl2F3K. The van der Waals surface area contributed by atoms with E-state index in [1.54, 1.807) is 0 Å². The first kappa shape index (κ1) is 14.3. The van der Waals surface area contributed by atoms with E-state index in [0.717, 1.165) is 12.1 Å². The van der Waals surface area contributed by atoms with Crippen molar-refractivity contribution in [2.75, 3.05) is 0 Å². The zero-order valence-corrected chi connectivity index (χ0v) is 11.3. The number of hydrogen-bond acceptors (Lipinski definition) is 0. The van der Waals surface area contributed by atoms with Crippen molar-refractivity contribution in [3.63, 3.8) is 0 Å². The van der Waals surface area contributed by atoms with E-state index < -0.39 is 12.4 Å². The second kappa shape index (κ2) is 5.40. The molecule has 0 nitrogen and oxygen atoms in total. The summed E-state index contributed by atoms with van der Waals surface area (Å²) in [4.78, 5) is 0. The Morgan fingerprint density at radius 1 is 1.00 bits per heavy atom. The largest absolute Gasteiger partial charge is 1.00 e. The first-order valence-corrected chi connectivity index (χ1v) is 3.82. The van der Waals surface area contributed by atoms with E-state index in [-0.39, 0.29) is 61.4 Å². The summed E-state index contributed by atoms with van der Waals surface area (Å²) in [5, 5.41) is -0.704. The van der Waals surface area contributed by atoms with Crippen molar-refractivity contribution in [2.45, 2.75) is 0 Å². The molecule has 0 fully saturated rings. The smallest absolute Gasteiger partial charge is 0.445 e. The van der Waals surface area contributed by atoms with Gasteiger partial charge >= 0.3 is 58.4 Å². The van der Waals surface area contributed by atoms with Gasteiger partial charge in [0.15, 0.2) is 0 Å². The fraction of sp³-hybridized carbons (Fsp3) is 0. The molecule has 1 rings (SSSR count). The van der Waals surface area contributed by atoms with Gasteiger partial charge in [0.05, 0.1) is 0 Å². The predicted molar refractivity (Wildman–Crippen MR) is 45.2 cm³/mol. The van der Waals surface area contributed by atoms with E-state index in [9.17, 15) is 12.9 Å². The molecule has 0 amide bonds. The second-order valence-electron chi connectivity index (χ2n) is 2.21. The SMILES string of the molecule is F[B-](F)(F)c1c(Cl)cccc1Cl.[K+]. The molecule has 0 radical (unpaired) electrons. The van der Waals surface area contributed by atoms with Crippen LogP contribution in [0.3, 0.4) is 0 Å². The van der Waals surface area contributed by atoms with E-state index in [1.807, 2.05) is 0 Å². The monoisotopic (exact) mass is 252 g/mol. The van der Waals surface area contributed by atoms with Crippen LogP contribution in [0.1, 0.15) is 0 Å². The molecule has 13 heavy (non-hydrogen) atoms. The zero-order chi connectivity index (χ0) is 9.35. The fourth-order valence-electron chi connectivity index (χ4n) is 0.823. The molecule has 0 unspecified atom stereocenters. The summed E-state index contributed by atoms with van der Waals surface area (Å²) in [6.07, 6.45) is 0. The Morgan fingerprint density at radius 2 is 1.38 bits per heavy atom. The Hall–Kier alpha value is 1.29. The van der Waals surface area contributed by atoms with Gasteiger partial charge < -0.3 is 12.9 Å². The third-order valence-electron chi connectivity index (χ3n) is 1.33. The third kappa shape index (κ3) is 3.74. The standard InChI is InChI=1S/C6H3BCl2F3.K/c8-4-2-1-3-5(9)6(4)7(10,11)12;/h1-3H;/q-1;+1. The summed E-state index contributed by atoms with van der Waals surface area (Å²) in [7, 11) is 0. The molecule has 0 spiro atoms. The molecule has 0 heterocycles. The van der Waals surface area contributed by atoms with Gasteiger partial charge in [0.2, 0.25) is 0 Å². The first-order valence-electron chi connectivity index (χ1n) is 3.07. The Bertz CT molecular complexity index is 282. The van der Waals surface area contributed by atoms with Crippen LogP contribution in [0.2, 0.25) is 10.0 Å². The molecule has 1 aromatic rings. The molecule has 0 bridgehead atoms. The van der Waals surface area contributed by atoms with Crippen LogP contribution in [0.15, 0.2) is 18.2 Å². The van der Waals surface area contributed by atoms with Gasteiger partial charge in [-0.25, -0.2) is 0 Å². The molecule has 0 atom stereocenters. The van der Waals surface area contributed by atoms with Gasteiger partial charge in [-0.2, -0.15) is 0 Å². The van der Waals surface area contributed by atoms with Gasteiger partial charge in [0.25, 0.3) is 0 Å². The van der Waals surface area contributed by atoms with Crippen LogP contribution in [-0.2, 0) is 0 Å². The van der Waals surface area contributed by atoms with Crippen molar-refractivity contribution < 1.29 is 64.3 Å². The van der Waals surface area contributed by atoms with Crippen molar-refractivity contribution in [2.24, 2.45) is 0 Å². The minimum absolute atomic E-state index is 0. The topological polar surface area (TPSA) is 0 Å². The molecule has 1 aromatic carbocycles. The Morgan fingerprint density at radius 3 is 1.62 bits per heavy atom. The van der Waals surface area contributed by atoms with E-state index in [4.69, 9.17) is 23.2 Å². The maximum absolute atomic E-state index is 12.2. The minimum atomic E-state index is -5.12. The van der Waals surface area contributed by atoms with Gasteiger partial charge in [0, 0.05) is 10.0 Å². The predicted octanol–water partition coefficient (Wildman–Crippen LogP) is 0.0518. The number of rotatable bonds is 1. The number of hydrogen-bond donors (Lipinski definition) is 0. The summed E-state index contributed by atoms with van der Waals surface area (Å²) in [6, 6.07) is 3.70. The van der Waals surface area contributed by atoms with Gasteiger partial charge in [-0.15, -0.1) is 0 Å². The molecule has 0 saturated carbocycles. The van der Waals surface area contributed by atoms with Crippen LogP contribution >= 0.6 is 23.2 Å². The van der Waals surface area contributed by atoms with Crippen molar-refractivity contribution in [1.29, 1.82) is 0 Å². The van der Waals surface area contributed by atoms with Crippen LogP contribution in [0, 0.1) is 0 Å². The summed E-state index contributed by atoms with van der Waals surface area (Å²) in [6.45, 7) is -5.12. The Labute approximate surface area is 126 Å². The average Bonchev–Trinajstić information content (AvgIpc) is 1.82. The van der Waals surface area contributed by atoms with Crippen molar-refractivity contribution in [1.82, 2.24) is 0 Å². The number of benzene rings is 1. The molecule has 0 aromatic heterocycles. The minimum Gasteiger partial charge on any atom is -0.445 e. The summed E-state index contributed by atoms with van der Waals surface area (Å²) in [5.41, 5.74) is -0.916. The molecule has 66 valence electrons. The van der Waals surface area contributed by atoms with Crippen LogP contribution in [-0.4, -0.2) is 6.98 Å². The molecule has 0 saturated heterocycles. The van der Waals surface area contributed by atoms with E-state index in [0.29, 0.717) is 0 Å². The maximum Gasteiger partial charge on any atom is 1.00 e. The van der Waals surface area contributed by atoms with E-state index in [2.05, 4.69) is 0 Å². The van der Waals surface area contributed by atoms with E-state index in [1.165, 1.54) is 6.07 Å². The van der Waals surface area contributed by atoms with Gasteiger partial charge in [-0.3, -0.25) is 0 Å². The van der Waals surface area contributed by atoms with Crippen LogP contribution in [0.25, 0.3) is 0 Å². The molecule has 0 aliphatic carbocycles. The summed E-state index contributed by atoms with van der Waals surface area (Å²) >= 11 is 10.7. The summed E-state index contributed by atoms with van der Waals surface area (Å²) in [5.74, 6) is 0. The average molecular weight is 253 g/mol. The normalized spacial score (nSPS) is 10.8. The van der Waals surface area contributed by atoms with Gasteiger partial charge in [-0.05, 0) is 12.1 Å². The molecule has 0 N–H and O–H groups in total. The van der Waals surface area contributed by atoms with Crippen LogP contribution in [0.4, 0.5) is 12.9 Å². The molecular weight excluding hydrogens is 250 g/mol. The second-order valence-corrected chi connectivity index (χ2v) is 3.02. The van der Waals surface area contributed by atoms with Crippen molar-refractivity contribution >= 4 is 35.6 Å². The van der Waals surface area contributed by atoms with Crippen LogP contribution < -0.4 is 56.8 Å². The Kier molecular flexibility index (Phi) is 5.93. The van der Waals surface area contributed by atoms with E-state index >= 15 is 0 Å². The van der Waals surface area contributed by atoms with Gasteiger partial charge in [-0.1, -0.05) is 34.7 Å². The van der Waals surface area contributed by atoms with Gasteiger partial charge in [0.1, 0.15) is 0 Å². The van der Waals surface area contributed by atoms with Crippen molar-refractivity contribution in [3.8, 4) is 0 Å². The fourth-order valence-corrected chi connectivity index (χ4v) is 1.47. The van der Waals surface area contributed by atoms with Crippen molar-refractivity contribution in [3.05, 3.63) is 28.2 Å². The quantitative estimate of drug-likeness (QED) is 0.620. The first-order chi connectivity index (χ1) is 5.43. The zero-order valence-electron chi connectivity index (χ0n) is 6.70. The molecule has 0 aliphatic rings.